The number of carbonyl (C=O) groups excluding carboxylic acids is 2. The number of nitrogens with zero attached hydrogens (tertiary/aromatic N) is 2. The molecule has 1 aliphatic carbocycles. The van der Waals surface area contributed by atoms with Gasteiger partial charge < -0.3 is 20.5 Å². The number of halogens is 3. The lowest BCUT2D eigenvalue weighted by Crippen LogP contribution is -2.23. The summed E-state index contributed by atoms with van der Waals surface area (Å²) in [6.45, 7) is 6.84. The van der Waals surface area contributed by atoms with Crippen molar-refractivity contribution in [3.8, 4) is 0 Å². The third-order valence-corrected chi connectivity index (χ3v) is 5.60. The van der Waals surface area contributed by atoms with Gasteiger partial charge in [-0.15, -0.1) is 0 Å². The van der Waals surface area contributed by atoms with E-state index in [2.05, 4.69) is 20.6 Å². The zero-order chi connectivity index (χ0) is 27.4. The van der Waals surface area contributed by atoms with E-state index >= 15 is 0 Å². The molecule has 1 aliphatic rings. The van der Waals surface area contributed by atoms with Crippen LogP contribution in [0.25, 0.3) is 5.57 Å². The van der Waals surface area contributed by atoms with Crippen molar-refractivity contribution in [2.45, 2.75) is 46.7 Å². The van der Waals surface area contributed by atoms with Crippen molar-refractivity contribution < 1.29 is 32.6 Å². The van der Waals surface area contributed by atoms with E-state index in [9.17, 15) is 27.9 Å². The van der Waals surface area contributed by atoms with Gasteiger partial charge in [-0.3, -0.25) is 4.79 Å². The quantitative estimate of drug-likeness (QED) is 0.438. The molecule has 2 aromatic rings. The fourth-order valence-electron chi connectivity index (χ4n) is 3.71. The second-order valence-electron chi connectivity index (χ2n) is 9.37. The Morgan fingerprint density at radius 2 is 1.95 bits per heavy atom. The van der Waals surface area contributed by atoms with Gasteiger partial charge in [0.2, 0.25) is 0 Å². The molecule has 0 radical (unpaired) electrons. The zero-order valence-corrected chi connectivity index (χ0v) is 21.0. The first-order chi connectivity index (χ1) is 17.3. The monoisotopic (exact) mass is 518 g/mol. The van der Waals surface area contributed by atoms with Crippen LogP contribution in [0.2, 0.25) is 0 Å². The molecule has 8 nitrogen and oxygen atoms in total. The Balaban J connectivity index is 1.76. The van der Waals surface area contributed by atoms with Gasteiger partial charge in [0, 0.05) is 24.8 Å². The maximum Gasteiger partial charge on any atom is 0.416 e. The van der Waals surface area contributed by atoms with Crippen LogP contribution >= 0.6 is 0 Å². The standard InChI is InChI=1S/C26H29F3N4O4/c1-5-37-22-11-18(35)8-9-19(22)23-30-13-21(15(2)31-23)33-24(36)32-17-7-6-16(12-25(3,4)14-34)20(10-17)26(27,28)29/h6-7,9-11,13,34H,5,8,12,14H2,1-4H3,(H2,32,33,36). The minimum atomic E-state index is -4.64. The molecule has 11 heteroatoms. The van der Waals surface area contributed by atoms with Crippen molar-refractivity contribution in [3.63, 3.8) is 0 Å². The summed E-state index contributed by atoms with van der Waals surface area (Å²) in [6, 6.07) is 2.77. The van der Waals surface area contributed by atoms with Gasteiger partial charge in [0.05, 0.1) is 35.3 Å². The van der Waals surface area contributed by atoms with Gasteiger partial charge in [0.25, 0.3) is 0 Å². The third-order valence-electron chi connectivity index (χ3n) is 5.60. The Bertz CT molecular complexity index is 1250. The molecular weight excluding hydrogens is 489 g/mol. The summed E-state index contributed by atoms with van der Waals surface area (Å²) in [7, 11) is 0. The lowest BCUT2D eigenvalue weighted by Gasteiger charge is -2.24. The largest absolute Gasteiger partial charge is 0.493 e. The summed E-state index contributed by atoms with van der Waals surface area (Å²) >= 11 is 0. The predicted molar refractivity (Wildman–Crippen MR) is 133 cm³/mol. The van der Waals surface area contributed by atoms with Crippen molar-refractivity contribution in [2.24, 2.45) is 5.41 Å². The maximum absolute atomic E-state index is 13.7. The zero-order valence-electron chi connectivity index (χ0n) is 21.0. The first-order valence-corrected chi connectivity index (χ1v) is 11.6. The number of alkyl halides is 3. The average Bonchev–Trinajstić information content (AvgIpc) is 2.81. The highest BCUT2D eigenvalue weighted by atomic mass is 19.4. The van der Waals surface area contributed by atoms with Crippen molar-refractivity contribution in [2.75, 3.05) is 23.8 Å². The van der Waals surface area contributed by atoms with Crippen molar-refractivity contribution in [1.29, 1.82) is 0 Å². The van der Waals surface area contributed by atoms with Gasteiger partial charge in [-0.2, -0.15) is 13.2 Å². The van der Waals surface area contributed by atoms with Gasteiger partial charge in [-0.05, 0) is 43.4 Å². The fraction of sp³-hybridized carbons (Fsp3) is 0.385. The maximum atomic E-state index is 13.7. The second kappa shape index (κ2) is 11.1. The number of ether oxygens (including phenoxy) is 1. The predicted octanol–water partition coefficient (Wildman–Crippen LogP) is 5.29. The van der Waals surface area contributed by atoms with Crippen LogP contribution in [0.1, 0.15) is 49.8 Å². The number of carbonyl (C=O) groups is 2. The van der Waals surface area contributed by atoms with E-state index in [4.69, 9.17) is 4.74 Å². The number of urea groups is 1. The summed E-state index contributed by atoms with van der Waals surface area (Å²) in [5.74, 6) is 0.576. The lowest BCUT2D eigenvalue weighted by atomic mass is 9.85. The Morgan fingerprint density at radius 1 is 1.22 bits per heavy atom. The third kappa shape index (κ3) is 7.16. The number of aliphatic hydroxyl groups is 1. The molecule has 3 rings (SSSR count). The minimum absolute atomic E-state index is 0.0124. The van der Waals surface area contributed by atoms with E-state index in [0.717, 1.165) is 6.07 Å². The number of ketones is 1. The van der Waals surface area contributed by atoms with Crippen LogP contribution in [0.4, 0.5) is 29.3 Å². The van der Waals surface area contributed by atoms with Crippen LogP contribution in [0.15, 0.2) is 42.3 Å². The number of aliphatic hydroxyl groups excluding tert-OH is 1. The number of anilines is 2. The van der Waals surface area contributed by atoms with Crippen LogP contribution < -0.4 is 10.6 Å². The van der Waals surface area contributed by atoms with E-state index in [1.165, 1.54) is 24.4 Å². The number of nitrogens with one attached hydrogen (secondary N) is 2. The highest BCUT2D eigenvalue weighted by Gasteiger charge is 2.35. The molecule has 0 saturated carbocycles. The summed E-state index contributed by atoms with van der Waals surface area (Å²) in [5, 5.41) is 14.4. The molecule has 198 valence electrons. The second-order valence-corrected chi connectivity index (χ2v) is 9.37. The fourth-order valence-corrected chi connectivity index (χ4v) is 3.71. The first kappa shape index (κ1) is 27.9. The van der Waals surface area contributed by atoms with Gasteiger partial charge >= 0.3 is 12.2 Å². The number of rotatable bonds is 8. The number of allylic oxidation sites excluding steroid dienone is 3. The molecule has 2 amide bonds. The van der Waals surface area contributed by atoms with Crippen LogP contribution in [0.3, 0.4) is 0 Å². The molecule has 37 heavy (non-hydrogen) atoms. The number of amides is 2. The van der Waals surface area contributed by atoms with Crippen LogP contribution in [-0.4, -0.2) is 40.1 Å². The SMILES string of the molecule is CCOC1=CC(=O)CC=C1c1ncc(NC(=O)Nc2ccc(CC(C)(C)CO)c(C(F)(F)F)c2)c(C)n1. The van der Waals surface area contributed by atoms with Crippen LogP contribution in [0, 0.1) is 12.3 Å². The van der Waals surface area contributed by atoms with Gasteiger partial charge in [0.15, 0.2) is 11.6 Å². The molecule has 0 spiro atoms. The van der Waals surface area contributed by atoms with E-state index in [-0.39, 0.29) is 42.2 Å². The molecule has 0 unspecified atom stereocenters. The average molecular weight is 519 g/mol. The number of hydrogen-bond donors (Lipinski definition) is 3. The first-order valence-electron chi connectivity index (χ1n) is 11.6. The van der Waals surface area contributed by atoms with E-state index < -0.39 is 23.2 Å². The molecule has 0 fully saturated rings. The summed E-state index contributed by atoms with van der Waals surface area (Å²) in [6.07, 6.45) is 0.00110. The molecule has 0 saturated heterocycles. The van der Waals surface area contributed by atoms with Crippen molar-refractivity contribution >= 4 is 28.8 Å². The Kier molecular flexibility index (Phi) is 8.37. The molecule has 0 aliphatic heterocycles. The number of benzene rings is 1. The summed E-state index contributed by atoms with van der Waals surface area (Å²) in [5.41, 5.74) is -0.416. The van der Waals surface area contributed by atoms with E-state index in [1.807, 2.05) is 0 Å². The molecule has 1 aromatic heterocycles. The van der Waals surface area contributed by atoms with Crippen molar-refractivity contribution in [1.82, 2.24) is 9.97 Å². The normalized spacial score (nSPS) is 14.1. The lowest BCUT2D eigenvalue weighted by molar-refractivity contribution is -0.138. The highest BCUT2D eigenvalue weighted by Crippen LogP contribution is 2.36. The van der Waals surface area contributed by atoms with E-state index in [0.29, 0.717) is 29.5 Å². The molecule has 0 bridgehead atoms. The number of hydrogen-bond acceptors (Lipinski definition) is 6. The Hall–Kier alpha value is -3.73. The number of aryl methyl sites for hydroxylation is 1. The van der Waals surface area contributed by atoms with Crippen molar-refractivity contribution in [3.05, 3.63) is 65.0 Å². The molecular formula is C26H29F3N4O4. The minimum Gasteiger partial charge on any atom is -0.493 e. The smallest absolute Gasteiger partial charge is 0.416 e. The summed E-state index contributed by atoms with van der Waals surface area (Å²) < 4.78 is 46.6. The van der Waals surface area contributed by atoms with E-state index in [1.54, 1.807) is 33.8 Å². The van der Waals surface area contributed by atoms with Crippen LogP contribution in [-0.2, 0) is 22.1 Å². The number of aromatic nitrogens is 2. The Morgan fingerprint density at radius 3 is 2.57 bits per heavy atom. The van der Waals surface area contributed by atoms with Crippen LogP contribution in [0.5, 0.6) is 0 Å². The molecule has 3 N–H and O–H groups in total. The highest BCUT2D eigenvalue weighted by molar-refractivity contribution is 6.00. The van der Waals surface area contributed by atoms with Gasteiger partial charge in [0.1, 0.15) is 5.76 Å². The molecule has 1 aromatic carbocycles. The van der Waals surface area contributed by atoms with Gasteiger partial charge in [-0.25, -0.2) is 14.8 Å². The topological polar surface area (TPSA) is 113 Å². The van der Waals surface area contributed by atoms with Gasteiger partial charge in [-0.1, -0.05) is 26.0 Å². The molecule has 1 heterocycles. The summed E-state index contributed by atoms with van der Waals surface area (Å²) in [4.78, 5) is 32.9. The molecule has 0 atom stereocenters. The Labute approximate surface area is 212 Å².